The van der Waals surface area contributed by atoms with Gasteiger partial charge in [-0.1, -0.05) is 43.3 Å². The van der Waals surface area contributed by atoms with Crippen LogP contribution in [-0.2, 0) is 18.3 Å². The number of para-hydroxylation sites is 1. The summed E-state index contributed by atoms with van der Waals surface area (Å²) in [7, 11) is 5.24. The van der Waals surface area contributed by atoms with Gasteiger partial charge in [0, 0.05) is 36.9 Å². The molecular weight excluding hydrogens is 388 g/mol. The molecule has 2 aromatic heterocycles. The molecule has 2 aromatic carbocycles. The van der Waals surface area contributed by atoms with Crippen LogP contribution >= 0.6 is 11.6 Å². The Labute approximate surface area is 173 Å². The molecule has 2 heterocycles. The Bertz CT molecular complexity index is 1270. The highest BCUT2D eigenvalue weighted by molar-refractivity contribution is 6.31. The second-order valence-electron chi connectivity index (χ2n) is 6.91. The molecule has 0 aliphatic rings. The van der Waals surface area contributed by atoms with Gasteiger partial charge in [0.25, 0.3) is 5.56 Å². The van der Waals surface area contributed by atoms with Gasteiger partial charge < -0.3 is 9.47 Å². The van der Waals surface area contributed by atoms with Gasteiger partial charge in [0.15, 0.2) is 0 Å². The molecule has 0 bridgehead atoms. The molecular formula is C22H23ClN4O2. The number of carbonyl (C=O) groups is 1. The third kappa shape index (κ3) is 3.40. The van der Waals surface area contributed by atoms with Crippen molar-refractivity contribution in [3.63, 3.8) is 0 Å². The van der Waals surface area contributed by atoms with Crippen LogP contribution in [0.4, 0.5) is 0 Å². The fourth-order valence-electron chi connectivity index (χ4n) is 3.44. The fourth-order valence-corrected chi connectivity index (χ4v) is 3.60. The minimum Gasteiger partial charge on any atom is -0.348 e. The standard InChI is InChI=1S/C21H19ClN4O2.CH4/c1-24(2)18(27)12-16-19-15-10-9-13(22)11-17(15)25(3)20(19)21(28)26(23-16)14-7-5-4-6-8-14;/h4-11H,12H2,1-3H3;1H4. The number of carbonyl (C=O) groups excluding carboxylic acids is 1. The lowest BCUT2D eigenvalue weighted by Crippen LogP contribution is -2.28. The van der Waals surface area contributed by atoms with Crippen molar-refractivity contribution in [2.24, 2.45) is 7.05 Å². The van der Waals surface area contributed by atoms with E-state index in [-0.39, 0.29) is 25.3 Å². The molecule has 0 saturated carbocycles. The number of nitrogens with zero attached hydrogens (tertiary/aromatic N) is 4. The first-order valence-electron chi connectivity index (χ1n) is 8.84. The number of likely N-dealkylation sites (N-methyl/N-ethyl adjacent to an activating group) is 1. The quantitative estimate of drug-likeness (QED) is 0.516. The molecule has 1 amide bonds. The van der Waals surface area contributed by atoms with Crippen molar-refractivity contribution in [2.45, 2.75) is 13.8 Å². The average molecular weight is 411 g/mol. The van der Waals surface area contributed by atoms with Crippen molar-refractivity contribution >= 4 is 39.3 Å². The van der Waals surface area contributed by atoms with Gasteiger partial charge in [0.2, 0.25) is 5.91 Å². The van der Waals surface area contributed by atoms with E-state index >= 15 is 0 Å². The van der Waals surface area contributed by atoms with E-state index < -0.39 is 0 Å². The smallest absolute Gasteiger partial charge is 0.296 e. The molecule has 4 rings (SSSR count). The third-order valence-electron chi connectivity index (χ3n) is 4.89. The molecule has 0 aliphatic heterocycles. The number of aromatic nitrogens is 3. The van der Waals surface area contributed by atoms with Gasteiger partial charge in [-0.3, -0.25) is 9.59 Å². The zero-order chi connectivity index (χ0) is 20.0. The van der Waals surface area contributed by atoms with Crippen LogP contribution in [0.5, 0.6) is 0 Å². The first-order valence-corrected chi connectivity index (χ1v) is 9.21. The summed E-state index contributed by atoms with van der Waals surface area (Å²) < 4.78 is 3.19. The van der Waals surface area contributed by atoms with Crippen LogP contribution < -0.4 is 5.56 Å². The number of hydrogen-bond acceptors (Lipinski definition) is 3. The Morgan fingerprint density at radius 3 is 2.48 bits per heavy atom. The van der Waals surface area contributed by atoms with Crippen LogP contribution in [-0.4, -0.2) is 39.3 Å². The lowest BCUT2D eigenvalue weighted by atomic mass is 10.1. The molecule has 0 saturated heterocycles. The molecule has 4 aromatic rings. The molecule has 29 heavy (non-hydrogen) atoms. The number of rotatable bonds is 3. The van der Waals surface area contributed by atoms with Crippen molar-refractivity contribution in [3.8, 4) is 5.69 Å². The van der Waals surface area contributed by atoms with Gasteiger partial charge in [-0.05, 0) is 24.3 Å². The van der Waals surface area contributed by atoms with Crippen LogP contribution in [0.3, 0.4) is 0 Å². The molecule has 0 aliphatic carbocycles. The van der Waals surface area contributed by atoms with Crippen molar-refractivity contribution in [1.82, 2.24) is 19.2 Å². The Morgan fingerprint density at radius 2 is 1.83 bits per heavy atom. The predicted octanol–water partition coefficient (Wildman–Crippen LogP) is 3.80. The zero-order valence-corrected chi connectivity index (χ0v) is 16.6. The molecule has 0 unspecified atom stereocenters. The molecule has 0 N–H and O–H groups in total. The summed E-state index contributed by atoms with van der Waals surface area (Å²) in [6.07, 6.45) is 0.0956. The second-order valence-corrected chi connectivity index (χ2v) is 7.34. The monoisotopic (exact) mass is 410 g/mol. The summed E-state index contributed by atoms with van der Waals surface area (Å²) >= 11 is 6.18. The van der Waals surface area contributed by atoms with E-state index in [1.807, 2.05) is 54.1 Å². The highest BCUT2D eigenvalue weighted by atomic mass is 35.5. The lowest BCUT2D eigenvalue weighted by molar-refractivity contribution is -0.128. The molecule has 6 nitrogen and oxygen atoms in total. The van der Waals surface area contributed by atoms with Crippen LogP contribution in [0.1, 0.15) is 13.1 Å². The maximum atomic E-state index is 13.3. The number of halogens is 1. The van der Waals surface area contributed by atoms with E-state index in [4.69, 9.17) is 11.6 Å². The van der Waals surface area contributed by atoms with Gasteiger partial charge in [0.05, 0.1) is 23.3 Å². The SMILES string of the molecule is C.CN(C)C(=O)Cc1nn(-c2ccccc2)c(=O)c2c1c1ccc(Cl)cc1n2C. The molecule has 0 atom stereocenters. The Morgan fingerprint density at radius 1 is 1.14 bits per heavy atom. The number of hydrogen-bond donors (Lipinski definition) is 0. The van der Waals surface area contributed by atoms with Gasteiger partial charge >= 0.3 is 0 Å². The van der Waals surface area contributed by atoms with Crippen molar-refractivity contribution < 1.29 is 4.79 Å². The van der Waals surface area contributed by atoms with Crippen LogP contribution in [0, 0.1) is 0 Å². The predicted molar refractivity (Wildman–Crippen MR) is 118 cm³/mol. The number of amides is 1. The van der Waals surface area contributed by atoms with E-state index in [0.717, 1.165) is 10.9 Å². The topological polar surface area (TPSA) is 60.1 Å². The zero-order valence-electron chi connectivity index (χ0n) is 15.8. The number of aryl methyl sites for hydroxylation is 1. The Hall–Kier alpha value is -3.12. The molecule has 7 heteroatoms. The normalized spacial score (nSPS) is 10.9. The van der Waals surface area contributed by atoms with Crippen molar-refractivity contribution in [3.05, 3.63) is 69.6 Å². The average Bonchev–Trinajstić information content (AvgIpc) is 2.97. The highest BCUT2D eigenvalue weighted by Gasteiger charge is 2.21. The molecule has 0 radical (unpaired) electrons. The van der Waals surface area contributed by atoms with Gasteiger partial charge in [-0.25, -0.2) is 0 Å². The number of benzene rings is 2. The van der Waals surface area contributed by atoms with Gasteiger partial charge in [0.1, 0.15) is 5.52 Å². The maximum Gasteiger partial charge on any atom is 0.296 e. The van der Waals surface area contributed by atoms with Crippen molar-refractivity contribution in [1.29, 1.82) is 0 Å². The summed E-state index contributed by atoms with van der Waals surface area (Å²) in [4.78, 5) is 27.3. The summed E-state index contributed by atoms with van der Waals surface area (Å²) in [6, 6.07) is 14.7. The Kier molecular flexibility index (Phi) is 5.48. The summed E-state index contributed by atoms with van der Waals surface area (Å²) in [5, 5.41) is 6.72. The van der Waals surface area contributed by atoms with Crippen LogP contribution in [0.15, 0.2) is 53.3 Å². The van der Waals surface area contributed by atoms with Gasteiger partial charge in [-0.2, -0.15) is 9.78 Å². The maximum absolute atomic E-state index is 13.3. The summed E-state index contributed by atoms with van der Waals surface area (Å²) in [5.74, 6) is -0.0852. The minimum absolute atomic E-state index is 0. The van der Waals surface area contributed by atoms with Crippen LogP contribution in [0.2, 0.25) is 5.02 Å². The molecule has 0 spiro atoms. The van der Waals surface area contributed by atoms with E-state index in [1.165, 1.54) is 9.58 Å². The lowest BCUT2D eigenvalue weighted by Gasteiger charge is -2.13. The molecule has 150 valence electrons. The largest absolute Gasteiger partial charge is 0.348 e. The van der Waals surface area contributed by atoms with E-state index in [2.05, 4.69) is 5.10 Å². The van der Waals surface area contributed by atoms with Gasteiger partial charge in [-0.15, -0.1) is 0 Å². The van der Waals surface area contributed by atoms with E-state index in [0.29, 0.717) is 27.3 Å². The highest BCUT2D eigenvalue weighted by Crippen LogP contribution is 2.30. The summed E-state index contributed by atoms with van der Waals surface area (Å²) in [5.41, 5.74) is 2.29. The minimum atomic E-state index is -0.239. The number of fused-ring (bicyclic) bond motifs is 3. The first-order chi connectivity index (χ1) is 13.4. The van der Waals surface area contributed by atoms with E-state index in [1.54, 1.807) is 20.2 Å². The third-order valence-corrected chi connectivity index (χ3v) is 5.12. The second kappa shape index (κ2) is 7.72. The fraction of sp³-hybridized carbons (Fsp3) is 0.227. The summed E-state index contributed by atoms with van der Waals surface area (Å²) in [6.45, 7) is 0. The first kappa shape index (κ1) is 20.6. The van der Waals surface area contributed by atoms with E-state index in [9.17, 15) is 9.59 Å². The van der Waals surface area contributed by atoms with Crippen LogP contribution in [0.25, 0.3) is 27.5 Å². The Balaban J connectivity index is 0.00000240. The van der Waals surface area contributed by atoms with Crippen molar-refractivity contribution in [2.75, 3.05) is 14.1 Å². The molecule has 0 fully saturated rings.